The largest absolute Gasteiger partial charge is 0.389 e. The molecular weight excluding hydrogens is 136 g/mol. The van der Waals surface area contributed by atoms with E-state index in [1.54, 1.807) is 6.92 Å². The number of hydrogen-bond donors (Lipinski definition) is 1. The molecule has 1 nitrogen and oxygen atoms in total. The zero-order chi connectivity index (χ0) is 8.10. The summed E-state index contributed by atoms with van der Waals surface area (Å²) < 4.78 is 0. The van der Waals surface area contributed by atoms with Crippen LogP contribution in [0.4, 0.5) is 0 Å². The first-order chi connectivity index (χ1) is 5.29. The predicted molar refractivity (Wildman–Crippen MR) is 47.3 cm³/mol. The van der Waals surface area contributed by atoms with Gasteiger partial charge in [-0.25, -0.2) is 0 Å². The quantitative estimate of drug-likeness (QED) is 0.602. The van der Waals surface area contributed by atoms with E-state index in [0.717, 1.165) is 6.42 Å². The first-order valence-corrected chi connectivity index (χ1v) is 4.30. The van der Waals surface area contributed by atoms with Gasteiger partial charge in [-0.05, 0) is 32.1 Å². The molecule has 0 spiro atoms. The van der Waals surface area contributed by atoms with Crippen LogP contribution in [0.25, 0.3) is 0 Å². The van der Waals surface area contributed by atoms with Gasteiger partial charge in [0, 0.05) is 0 Å². The predicted octanol–water partition coefficient (Wildman–Crippen LogP) is 2.28. The van der Waals surface area contributed by atoms with Crippen molar-refractivity contribution in [2.45, 2.75) is 32.3 Å². The van der Waals surface area contributed by atoms with Crippen LogP contribution >= 0.6 is 0 Å². The highest BCUT2D eigenvalue weighted by molar-refractivity contribution is 4.99. The van der Waals surface area contributed by atoms with Crippen molar-refractivity contribution in [3.8, 4) is 0 Å². The van der Waals surface area contributed by atoms with Crippen LogP contribution < -0.4 is 0 Å². The molecule has 0 saturated heterocycles. The lowest BCUT2D eigenvalue weighted by Gasteiger charge is -2.12. The lowest BCUT2D eigenvalue weighted by Crippen LogP contribution is -2.00. The molecule has 11 heavy (non-hydrogen) atoms. The van der Waals surface area contributed by atoms with Crippen molar-refractivity contribution in [2.24, 2.45) is 5.92 Å². The molecule has 0 saturated carbocycles. The Morgan fingerprint density at radius 3 is 2.91 bits per heavy atom. The minimum atomic E-state index is -0.291. The van der Waals surface area contributed by atoms with Gasteiger partial charge >= 0.3 is 0 Å². The van der Waals surface area contributed by atoms with E-state index in [0.29, 0.717) is 5.92 Å². The Balaban J connectivity index is 2.31. The summed E-state index contributed by atoms with van der Waals surface area (Å²) in [5, 5.41) is 8.98. The number of hydrogen-bond acceptors (Lipinski definition) is 1. The number of aliphatic hydroxyl groups excluding tert-OH is 1. The van der Waals surface area contributed by atoms with Crippen LogP contribution in [0.15, 0.2) is 24.3 Å². The van der Waals surface area contributed by atoms with Gasteiger partial charge in [0.1, 0.15) is 0 Å². The van der Waals surface area contributed by atoms with Gasteiger partial charge in [-0.2, -0.15) is 0 Å². The molecule has 0 radical (unpaired) electrons. The molecule has 0 aliphatic heterocycles. The summed E-state index contributed by atoms with van der Waals surface area (Å²) in [5.74, 6) is 0.662. The third kappa shape index (κ3) is 3.38. The topological polar surface area (TPSA) is 20.2 Å². The second kappa shape index (κ2) is 4.35. The Bertz CT molecular complexity index is 156. The fourth-order valence-electron chi connectivity index (χ4n) is 1.31. The van der Waals surface area contributed by atoms with Gasteiger partial charge in [-0.1, -0.05) is 24.3 Å². The molecular formula is C10H16O. The molecule has 0 heterocycles. The van der Waals surface area contributed by atoms with Crippen LogP contribution in [0, 0.1) is 5.92 Å². The summed E-state index contributed by atoms with van der Waals surface area (Å²) in [5.41, 5.74) is 0. The minimum absolute atomic E-state index is 0.291. The molecule has 0 bridgehead atoms. The van der Waals surface area contributed by atoms with Gasteiger partial charge in [0.15, 0.2) is 0 Å². The Morgan fingerprint density at radius 2 is 2.36 bits per heavy atom. The molecule has 1 rings (SSSR count). The van der Waals surface area contributed by atoms with Crippen LogP contribution in [-0.4, -0.2) is 11.2 Å². The maximum absolute atomic E-state index is 8.98. The van der Waals surface area contributed by atoms with Crippen molar-refractivity contribution in [3.63, 3.8) is 0 Å². The van der Waals surface area contributed by atoms with Crippen molar-refractivity contribution in [1.82, 2.24) is 0 Å². The molecule has 1 heteroatoms. The molecule has 1 N–H and O–H groups in total. The van der Waals surface area contributed by atoms with Crippen molar-refractivity contribution in [3.05, 3.63) is 24.3 Å². The summed E-state index contributed by atoms with van der Waals surface area (Å²) in [7, 11) is 0. The van der Waals surface area contributed by atoms with Gasteiger partial charge in [-0.15, -0.1) is 0 Å². The number of allylic oxidation sites excluding steroid dienone is 3. The zero-order valence-electron chi connectivity index (χ0n) is 7.03. The van der Waals surface area contributed by atoms with E-state index < -0.39 is 0 Å². The summed E-state index contributed by atoms with van der Waals surface area (Å²) >= 11 is 0. The maximum Gasteiger partial charge on any atom is 0.0692 e. The number of rotatable bonds is 2. The van der Waals surface area contributed by atoms with E-state index in [1.807, 2.05) is 6.08 Å². The van der Waals surface area contributed by atoms with E-state index in [1.165, 1.54) is 12.8 Å². The third-order valence-electron chi connectivity index (χ3n) is 1.97. The molecule has 2 atom stereocenters. The first-order valence-electron chi connectivity index (χ1n) is 4.30. The highest BCUT2D eigenvalue weighted by Crippen LogP contribution is 2.19. The Labute approximate surface area is 68.4 Å². The van der Waals surface area contributed by atoms with Crippen molar-refractivity contribution >= 4 is 0 Å². The summed E-state index contributed by atoms with van der Waals surface area (Å²) in [6, 6.07) is 0. The molecule has 0 aromatic carbocycles. The van der Waals surface area contributed by atoms with Gasteiger partial charge < -0.3 is 5.11 Å². The van der Waals surface area contributed by atoms with E-state index in [9.17, 15) is 0 Å². The highest BCUT2D eigenvalue weighted by atomic mass is 16.3. The average molecular weight is 152 g/mol. The Kier molecular flexibility index (Phi) is 3.37. The lowest BCUT2D eigenvalue weighted by molar-refractivity contribution is 0.243. The van der Waals surface area contributed by atoms with E-state index in [2.05, 4.69) is 18.2 Å². The standard InChI is InChI=1S/C10H16O/c1-9(11)7-8-10-5-3-2-4-6-10/h2-3,7-11H,4-6H2,1H3/b8-7+/t9-,10-/m0/s1. The van der Waals surface area contributed by atoms with Gasteiger partial charge in [0.05, 0.1) is 6.10 Å². The maximum atomic E-state index is 8.98. The van der Waals surface area contributed by atoms with Crippen LogP contribution in [0.5, 0.6) is 0 Å². The van der Waals surface area contributed by atoms with Crippen molar-refractivity contribution < 1.29 is 5.11 Å². The van der Waals surface area contributed by atoms with Crippen molar-refractivity contribution in [2.75, 3.05) is 0 Å². The van der Waals surface area contributed by atoms with Gasteiger partial charge in [0.25, 0.3) is 0 Å². The minimum Gasteiger partial charge on any atom is -0.389 e. The first kappa shape index (κ1) is 8.54. The zero-order valence-corrected chi connectivity index (χ0v) is 7.03. The second-order valence-electron chi connectivity index (χ2n) is 3.17. The van der Waals surface area contributed by atoms with Gasteiger partial charge in [-0.3, -0.25) is 0 Å². The van der Waals surface area contributed by atoms with E-state index >= 15 is 0 Å². The molecule has 0 aromatic rings. The highest BCUT2D eigenvalue weighted by Gasteiger charge is 2.04. The molecule has 0 fully saturated rings. The SMILES string of the molecule is C[C@H](O)/C=C/[C@H]1CC=CCC1. The van der Waals surface area contributed by atoms with E-state index in [-0.39, 0.29) is 6.10 Å². The molecule has 1 aliphatic carbocycles. The lowest BCUT2D eigenvalue weighted by atomic mass is 9.94. The van der Waals surface area contributed by atoms with Gasteiger partial charge in [0.2, 0.25) is 0 Å². The summed E-state index contributed by atoms with van der Waals surface area (Å²) in [6.45, 7) is 1.79. The molecule has 1 aliphatic rings. The smallest absolute Gasteiger partial charge is 0.0692 e. The van der Waals surface area contributed by atoms with Crippen LogP contribution in [0.1, 0.15) is 26.2 Å². The van der Waals surface area contributed by atoms with Crippen molar-refractivity contribution in [1.29, 1.82) is 0 Å². The molecule has 0 amide bonds. The monoisotopic (exact) mass is 152 g/mol. The Hall–Kier alpha value is -0.560. The number of aliphatic hydroxyl groups is 1. The second-order valence-corrected chi connectivity index (χ2v) is 3.17. The average Bonchev–Trinajstić information content (AvgIpc) is 2.03. The van der Waals surface area contributed by atoms with E-state index in [4.69, 9.17) is 5.11 Å². The fourth-order valence-corrected chi connectivity index (χ4v) is 1.31. The van der Waals surface area contributed by atoms with Crippen LogP contribution in [0.3, 0.4) is 0 Å². The molecule has 0 aromatic heterocycles. The summed E-state index contributed by atoms with van der Waals surface area (Å²) in [6.07, 6.45) is 11.7. The normalized spacial score (nSPS) is 27.6. The molecule has 62 valence electrons. The van der Waals surface area contributed by atoms with Crippen LogP contribution in [0.2, 0.25) is 0 Å². The summed E-state index contributed by atoms with van der Waals surface area (Å²) in [4.78, 5) is 0. The molecule has 0 unspecified atom stereocenters. The van der Waals surface area contributed by atoms with Crippen LogP contribution in [-0.2, 0) is 0 Å². The fraction of sp³-hybridized carbons (Fsp3) is 0.600. The third-order valence-corrected chi connectivity index (χ3v) is 1.97. The Morgan fingerprint density at radius 1 is 1.55 bits per heavy atom.